The van der Waals surface area contributed by atoms with Crippen molar-refractivity contribution in [2.45, 2.75) is 44.1 Å². The van der Waals surface area contributed by atoms with Crippen molar-refractivity contribution in [3.05, 3.63) is 23.8 Å². The number of amides is 1. The van der Waals surface area contributed by atoms with Gasteiger partial charge in [-0.25, -0.2) is 0 Å². The van der Waals surface area contributed by atoms with Gasteiger partial charge in [-0.2, -0.15) is 0 Å². The van der Waals surface area contributed by atoms with Crippen molar-refractivity contribution in [3.63, 3.8) is 0 Å². The van der Waals surface area contributed by atoms with E-state index in [1.165, 1.54) is 19.3 Å². The first kappa shape index (κ1) is 14.9. The van der Waals surface area contributed by atoms with Gasteiger partial charge in [0.15, 0.2) is 11.5 Å². The van der Waals surface area contributed by atoms with Crippen LogP contribution in [-0.2, 0) is 0 Å². The largest absolute Gasteiger partial charge is 0.493 e. The van der Waals surface area contributed by atoms with E-state index in [4.69, 9.17) is 9.47 Å². The number of nitrogens with one attached hydrogen (secondary N) is 1. The third-order valence-corrected chi connectivity index (χ3v) is 6.06. The Balaban J connectivity index is 1.59. The second-order valence-corrected chi connectivity index (χ2v) is 7.69. The fourth-order valence-electron chi connectivity index (χ4n) is 5.64. The number of rotatable bonds is 4. The number of benzene rings is 1. The van der Waals surface area contributed by atoms with E-state index in [0.29, 0.717) is 17.1 Å². The van der Waals surface area contributed by atoms with Crippen molar-refractivity contribution in [3.8, 4) is 11.5 Å². The van der Waals surface area contributed by atoms with E-state index in [0.717, 1.165) is 37.0 Å². The highest BCUT2D eigenvalue weighted by Crippen LogP contribution is 2.55. The Kier molecular flexibility index (Phi) is 3.51. The summed E-state index contributed by atoms with van der Waals surface area (Å²) in [6, 6.07) is 5.48. The third-order valence-electron chi connectivity index (χ3n) is 6.06. The van der Waals surface area contributed by atoms with Crippen molar-refractivity contribution in [1.29, 1.82) is 0 Å². The molecule has 0 atom stereocenters. The number of methoxy groups -OCH3 is 2. The minimum atomic E-state index is -0.0253. The molecule has 0 heterocycles. The summed E-state index contributed by atoms with van der Waals surface area (Å²) >= 11 is 0. The molecular weight excluding hydrogens is 290 g/mol. The van der Waals surface area contributed by atoms with Crippen LogP contribution in [0.25, 0.3) is 0 Å². The van der Waals surface area contributed by atoms with E-state index < -0.39 is 0 Å². The molecule has 4 bridgehead atoms. The Hall–Kier alpha value is -1.71. The quantitative estimate of drug-likeness (QED) is 0.926. The van der Waals surface area contributed by atoms with Gasteiger partial charge in [-0.15, -0.1) is 0 Å². The van der Waals surface area contributed by atoms with E-state index in [1.807, 2.05) is 18.2 Å². The molecule has 4 fully saturated rings. The third kappa shape index (κ3) is 2.48. The standard InChI is InChI=1S/C19H25NO3/c1-22-16-5-3-4-15(17(16)23-2)18(21)20-19-9-12-6-13(10-19)8-14(7-12)11-19/h3-5,12-14H,6-11H2,1-2H3,(H,20,21). The summed E-state index contributed by atoms with van der Waals surface area (Å²) < 4.78 is 10.7. The maximum Gasteiger partial charge on any atom is 0.255 e. The summed E-state index contributed by atoms with van der Waals surface area (Å²) in [7, 11) is 3.18. The molecule has 0 unspecified atom stereocenters. The summed E-state index contributed by atoms with van der Waals surface area (Å²) in [5, 5.41) is 3.39. The molecule has 1 N–H and O–H groups in total. The highest BCUT2D eigenvalue weighted by Gasteiger charge is 2.51. The van der Waals surface area contributed by atoms with Crippen LogP contribution in [0.15, 0.2) is 18.2 Å². The number of para-hydroxylation sites is 1. The highest BCUT2D eigenvalue weighted by molar-refractivity contribution is 5.98. The molecule has 0 saturated heterocycles. The minimum absolute atomic E-state index is 0.0138. The Morgan fingerprint density at radius 1 is 1.04 bits per heavy atom. The number of hydrogen-bond acceptors (Lipinski definition) is 3. The topological polar surface area (TPSA) is 47.6 Å². The predicted octanol–water partition coefficient (Wildman–Crippen LogP) is 3.40. The molecule has 1 amide bonds. The van der Waals surface area contributed by atoms with Gasteiger partial charge in [0.25, 0.3) is 5.91 Å². The van der Waals surface area contributed by atoms with Gasteiger partial charge >= 0.3 is 0 Å². The van der Waals surface area contributed by atoms with Crippen molar-refractivity contribution < 1.29 is 14.3 Å². The van der Waals surface area contributed by atoms with Crippen molar-refractivity contribution in [2.75, 3.05) is 14.2 Å². The normalized spacial score (nSPS) is 34.3. The molecule has 4 heteroatoms. The summed E-state index contributed by atoms with van der Waals surface area (Å²) in [5.41, 5.74) is 0.586. The predicted molar refractivity (Wildman–Crippen MR) is 87.9 cm³/mol. The fourth-order valence-corrected chi connectivity index (χ4v) is 5.64. The monoisotopic (exact) mass is 315 g/mol. The second kappa shape index (κ2) is 5.43. The molecule has 124 valence electrons. The van der Waals surface area contributed by atoms with Gasteiger partial charge in [0, 0.05) is 5.54 Å². The molecule has 5 rings (SSSR count). The average Bonchev–Trinajstić information content (AvgIpc) is 2.52. The zero-order chi connectivity index (χ0) is 16.0. The molecule has 4 aliphatic rings. The molecule has 0 radical (unpaired) electrons. The van der Waals surface area contributed by atoms with Gasteiger partial charge in [-0.05, 0) is 68.4 Å². The Morgan fingerprint density at radius 3 is 2.17 bits per heavy atom. The molecule has 4 saturated carbocycles. The number of carbonyl (C=O) groups is 1. The van der Waals surface area contributed by atoms with Crippen LogP contribution in [0.2, 0.25) is 0 Å². The summed E-state index contributed by atoms with van der Waals surface area (Å²) in [6.45, 7) is 0. The van der Waals surface area contributed by atoms with Crippen LogP contribution in [0, 0.1) is 17.8 Å². The molecular formula is C19H25NO3. The van der Waals surface area contributed by atoms with Crippen LogP contribution in [0.3, 0.4) is 0 Å². The van der Waals surface area contributed by atoms with Crippen LogP contribution >= 0.6 is 0 Å². The Morgan fingerprint density at radius 2 is 1.65 bits per heavy atom. The molecule has 4 nitrogen and oxygen atoms in total. The smallest absolute Gasteiger partial charge is 0.255 e. The second-order valence-electron chi connectivity index (χ2n) is 7.69. The Labute approximate surface area is 137 Å². The first-order chi connectivity index (χ1) is 11.1. The van der Waals surface area contributed by atoms with Crippen LogP contribution in [0.5, 0.6) is 11.5 Å². The van der Waals surface area contributed by atoms with Gasteiger partial charge in [-0.1, -0.05) is 6.07 Å². The first-order valence-electron chi connectivity index (χ1n) is 8.66. The van der Waals surface area contributed by atoms with E-state index in [-0.39, 0.29) is 11.4 Å². The molecule has 1 aromatic rings. The molecule has 0 spiro atoms. The number of hydrogen-bond donors (Lipinski definition) is 1. The maximum atomic E-state index is 12.9. The van der Waals surface area contributed by atoms with Gasteiger partial charge in [0.05, 0.1) is 19.8 Å². The highest BCUT2D eigenvalue weighted by atomic mass is 16.5. The first-order valence-corrected chi connectivity index (χ1v) is 8.66. The van der Waals surface area contributed by atoms with Gasteiger partial charge in [0.2, 0.25) is 0 Å². The SMILES string of the molecule is COc1cccc(C(=O)NC23CC4CC(CC(C4)C2)C3)c1OC. The van der Waals surface area contributed by atoms with Crippen LogP contribution in [0.4, 0.5) is 0 Å². The molecule has 0 aliphatic heterocycles. The van der Waals surface area contributed by atoms with Crippen molar-refractivity contribution in [1.82, 2.24) is 5.32 Å². The molecule has 4 aliphatic carbocycles. The van der Waals surface area contributed by atoms with E-state index in [9.17, 15) is 4.79 Å². The molecule has 1 aromatic carbocycles. The maximum absolute atomic E-state index is 12.9. The lowest BCUT2D eigenvalue weighted by molar-refractivity contribution is -0.0167. The lowest BCUT2D eigenvalue weighted by Gasteiger charge is -2.56. The fraction of sp³-hybridized carbons (Fsp3) is 0.632. The zero-order valence-corrected chi connectivity index (χ0v) is 13.9. The van der Waals surface area contributed by atoms with E-state index in [1.54, 1.807) is 14.2 Å². The van der Waals surface area contributed by atoms with Crippen molar-refractivity contribution >= 4 is 5.91 Å². The number of carbonyl (C=O) groups excluding carboxylic acids is 1. The van der Waals surface area contributed by atoms with Crippen molar-refractivity contribution in [2.24, 2.45) is 17.8 Å². The average molecular weight is 315 g/mol. The van der Waals surface area contributed by atoms with Crippen LogP contribution in [0.1, 0.15) is 48.9 Å². The minimum Gasteiger partial charge on any atom is -0.493 e. The van der Waals surface area contributed by atoms with Crippen LogP contribution < -0.4 is 14.8 Å². The zero-order valence-electron chi connectivity index (χ0n) is 13.9. The summed E-state index contributed by atoms with van der Waals surface area (Å²) in [5.74, 6) is 3.54. The summed E-state index contributed by atoms with van der Waals surface area (Å²) in [4.78, 5) is 12.9. The molecule has 23 heavy (non-hydrogen) atoms. The lowest BCUT2D eigenvalue weighted by atomic mass is 9.53. The van der Waals surface area contributed by atoms with Gasteiger partial charge in [-0.3, -0.25) is 4.79 Å². The van der Waals surface area contributed by atoms with E-state index in [2.05, 4.69) is 5.32 Å². The van der Waals surface area contributed by atoms with Gasteiger partial charge < -0.3 is 14.8 Å². The molecule has 0 aromatic heterocycles. The van der Waals surface area contributed by atoms with E-state index >= 15 is 0 Å². The lowest BCUT2D eigenvalue weighted by Crippen LogP contribution is -2.59. The van der Waals surface area contributed by atoms with Crippen LogP contribution in [-0.4, -0.2) is 25.7 Å². The number of ether oxygens (including phenoxy) is 2. The van der Waals surface area contributed by atoms with Gasteiger partial charge in [0.1, 0.15) is 0 Å². The Bertz CT molecular complexity index is 590. The summed E-state index contributed by atoms with van der Waals surface area (Å²) in [6.07, 6.45) is 7.57.